The maximum absolute atomic E-state index is 12.9. The van der Waals surface area contributed by atoms with E-state index in [1.165, 1.54) is 0 Å². The Labute approximate surface area is 231 Å². The fourth-order valence-corrected chi connectivity index (χ4v) is 3.98. The SMILES string of the molecule is CCC(C)c1ccccc1OCC(=O)NNC(=S)NC(=O)c1cc(Br)ccc1OCCc1ccccc1. The molecule has 0 bridgehead atoms. The van der Waals surface area contributed by atoms with E-state index in [-0.39, 0.29) is 11.7 Å². The summed E-state index contributed by atoms with van der Waals surface area (Å²) in [5.74, 6) is 0.490. The number of thiocarbonyl (C=S) groups is 1. The Balaban J connectivity index is 1.49. The van der Waals surface area contributed by atoms with E-state index in [0.717, 1.165) is 22.0 Å². The van der Waals surface area contributed by atoms with Gasteiger partial charge in [-0.3, -0.25) is 25.8 Å². The van der Waals surface area contributed by atoms with Gasteiger partial charge in [-0.25, -0.2) is 0 Å². The summed E-state index contributed by atoms with van der Waals surface area (Å²) < 4.78 is 12.3. The summed E-state index contributed by atoms with van der Waals surface area (Å²) >= 11 is 8.56. The number of carbonyl (C=O) groups is 2. The van der Waals surface area contributed by atoms with Gasteiger partial charge < -0.3 is 9.47 Å². The molecule has 3 aromatic carbocycles. The number of hydrazine groups is 1. The lowest BCUT2D eigenvalue weighted by atomic mass is 9.98. The van der Waals surface area contributed by atoms with Crippen LogP contribution in [0.1, 0.15) is 47.7 Å². The third-order valence-electron chi connectivity index (χ3n) is 5.64. The Morgan fingerprint density at radius 2 is 1.68 bits per heavy atom. The number of ether oxygens (including phenoxy) is 2. The average Bonchev–Trinajstić information content (AvgIpc) is 2.91. The zero-order valence-corrected chi connectivity index (χ0v) is 23.2. The molecule has 9 heteroatoms. The van der Waals surface area contributed by atoms with Crippen molar-refractivity contribution in [2.45, 2.75) is 32.6 Å². The van der Waals surface area contributed by atoms with Crippen molar-refractivity contribution >= 4 is 45.1 Å². The number of hydrogen-bond acceptors (Lipinski definition) is 5. The monoisotopic (exact) mass is 583 g/mol. The smallest absolute Gasteiger partial charge is 0.276 e. The summed E-state index contributed by atoms with van der Waals surface area (Å²) in [6, 6.07) is 22.7. The molecule has 0 aliphatic rings. The first-order chi connectivity index (χ1) is 17.9. The summed E-state index contributed by atoms with van der Waals surface area (Å²) in [5, 5.41) is 2.50. The van der Waals surface area contributed by atoms with Gasteiger partial charge in [0.2, 0.25) is 0 Å². The highest BCUT2D eigenvalue weighted by Crippen LogP contribution is 2.28. The van der Waals surface area contributed by atoms with E-state index < -0.39 is 11.8 Å². The van der Waals surface area contributed by atoms with Gasteiger partial charge >= 0.3 is 0 Å². The van der Waals surface area contributed by atoms with Crippen LogP contribution in [0.3, 0.4) is 0 Å². The van der Waals surface area contributed by atoms with Crippen LogP contribution in [0.25, 0.3) is 0 Å². The molecule has 0 saturated carbocycles. The number of nitrogens with one attached hydrogen (secondary N) is 3. The third kappa shape index (κ3) is 8.87. The molecule has 0 saturated heterocycles. The highest BCUT2D eigenvalue weighted by atomic mass is 79.9. The van der Waals surface area contributed by atoms with Crippen LogP contribution in [0.15, 0.2) is 77.3 Å². The predicted octanol–water partition coefficient (Wildman–Crippen LogP) is 5.30. The Kier molecular flexibility index (Phi) is 10.9. The van der Waals surface area contributed by atoms with Crippen molar-refractivity contribution in [1.82, 2.24) is 16.2 Å². The Morgan fingerprint density at radius 3 is 2.43 bits per heavy atom. The van der Waals surface area contributed by atoms with E-state index in [4.69, 9.17) is 21.7 Å². The maximum Gasteiger partial charge on any atom is 0.276 e. The molecule has 0 heterocycles. The quantitative estimate of drug-likeness (QED) is 0.222. The van der Waals surface area contributed by atoms with Crippen LogP contribution in [0.5, 0.6) is 11.5 Å². The van der Waals surface area contributed by atoms with E-state index in [1.54, 1.807) is 18.2 Å². The van der Waals surface area contributed by atoms with Crippen molar-refractivity contribution in [2.75, 3.05) is 13.2 Å². The molecule has 0 aliphatic heterocycles. The highest BCUT2D eigenvalue weighted by Gasteiger charge is 2.16. The molecule has 3 aromatic rings. The van der Waals surface area contributed by atoms with Crippen LogP contribution >= 0.6 is 28.1 Å². The van der Waals surface area contributed by atoms with Crippen molar-refractivity contribution < 1.29 is 19.1 Å². The van der Waals surface area contributed by atoms with Gasteiger partial charge in [0.05, 0.1) is 12.2 Å². The van der Waals surface area contributed by atoms with Gasteiger partial charge in [0.1, 0.15) is 11.5 Å². The topological polar surface area (TPSA) is 88.7 Å². The molecule has 0 aliphatic carbocycles. The molecule has 194 valence electrons. The molecule has 37 heavy (non-hydrogen) atoms. The Bertz CT molecular complexity index is 1220. The van der Waals surface area contributed by atoms with Gasteiger partial charge in [-0.05, 0) is 59.9 Å². The minimum atomic E-state index is -0.471. The molecule has 3 rings (SSSR count). The van der Waals surface area contributed by atoms with Gasteiger partial charge in [0.25, 0.3) is 11.8 Å². The summed E-state index contributed by atoms with van der Waals surface area (Å²) in [5.41, 5.74) is 7.47. The van der Waals surface area contributed by atoms with Crippen LogP contribution < -0.4 is 25.6 Å². The van der Waals surface area contributed by atoms with Crippen molar-refractivity contribution in [3.8, 4) is 11.5 Å². The third-order valence-corrected chi connectivity index (χ3v) is 6.34. The van der Waals surface area contributed by atoms with Crippen LogP contribution in [0.4, 0.5) is 0 Å². The van der Waals surface area contributed by atoms with Crippen LogP contribution in [0, 0.1) is 0 Å². The molecule has 2 amide bonds. The van der Waals surface area contributed by atoms with E-state index in [2.05, 4.69) is 45.9 Å². The minimum Gasteiger partial charge on any atom is -0.492 e. The summed E-state index contributed by atoms with van der Waals surface area (Å²) in [6.07, 6.45) is 1.66. The highest BCUT2D eigenvalue weighted by molar-refractivity contribution is 9.10. The molecule has 7 nitrogen and oxygen atoms in total. The number of rotatable bonds is 10. The van der Waals surface area contributed by atoms with E-state index in [0.29, 0.717) is 36.0 Å². The van der Waals surface area contributed by atoms with Crippen molar-refractivity contribution in [3.63, 3.8) is 0 Å². The number of halogens is 1. The Hall–Kier alpha value is -3.43. The molecular formula is C28H30BrN3O4S. The van der Waals surface area contributed by atoms with Gasteiger partial charge in [0, 0.05) is 10.9 Å². The lowest BCUT2D eigenvalue weighted by molar-refractivity contribution is -0.123. The van der Waals surface area contributed by atoms with E-state index in [9.17, 15) is 9.59 Å². The van der Waals surface area contributed by atoms with Crippen LogP contribution in [-0.4, -0.2) is 30.1 Å². The van der Waals surface area contributed by atoms with E-state index in [1.807, 2.05) is 54.6 Å². The normalized spacial score (nSPS) is 11.2. The first-order valence-corrected chi connectivity index (χ1v) is 13.2. The zero-order valence-electron chi connectivity index (χ0n) is 20.8. The number of benzene rings is 3. The number of hydrogen-bond donors (Lipinski definition) is 3. The van der Waals surface area contributed by atoms with Gasteiger partial charge in [0.15, 0.2) is 11.7 Å². The molecule has 1 unspecified atom stereocenters. The lowest BCUT2D eigenvalue weighted by Crippen LogP contribution is -2.49. The largest absolute Gasteiger partial charge is 0.492 e. The molecule has 0 fully saturated rings. The lowest BCUT2D eigenvalue weighted by Gasteiger charge is -2.16. The predicted molar refractivity (Wildman–Crippen MR) is 152 cm³/mol. The number of carbonyl (C=O) groups excluding carboxylic acids is 2. The van der Waals surface area contributed by atoms with Gasteiger partial charge in [-0.1, -0.05) is 78.3 Å². The average molecular weight is 585 g/mol. The second-order valence-electron chi connectivity index (χ2n) is 8.32. The van der Waals surface area contributed by atoms with Crippen LogP contribution in [-0.2, 0) is 11.2 Å². The first kappa shape index (κ1) is 28.1. The van der Waals surface area contributed by atoms with E-state index >= 15 is 0 Å². The molecule has 3 N–H and O–H groups in total. The standard InChI is InChI=1S/C28H30BrN3O4S/c1-3-19(2)22-11-7-8-12-24(22)36-18-26(33)31-32-28(37)30-27(34)23-17-21(29)13-14-25(23)35-16-15-20-9-5-4-6-10-20/h4-14,17,19H,3,15-16,18H2,1-2H3,(H,31,33)(H2,30,32,34,37). The number of para-hydroxylation sites is 1. The second kappa shape index (κ2) is 14.3. The number of amides is 2. The first-order valence-electron chi connectivity index (χ1n) is 12.0. The van der Waals surface area contributed by atoms with Gasteiger partial charge in [-0.2, -0.15) is 0 Å². The van der Waals surface area contributed by atoms with Crippen molar-refractivity contribution in [1.29, 1.82) is 0 Å². The minimum absolute atomic E-state index is 0.0615. The second-order valence-corrected chi connectivity index (χ2v) is 9.64. The molecule has 0 aromatic heterocycles. The molecular weight excluding hydrogens is 554 g/mol. The molecule has 0 radical (unpaired) electrons. The Morgan fingerprint density at radius 1 is 0.946 bits per heavy atom. The van der Waals surface area contributed by atoms with Crippen LogP contribution in [0.2, 0.25) is 0 Å². The fraction of sp³-hybridized carbons (Fsp3) is 0.250. The van der Waals surface area contributed by atoms with Crippen molar-refractivity contribution in [2.24, 2.45) is 0 Å². The van der Waals surface area contributed by atoms with Gasteiger partial charge in [-0.15, -0.1) is 0 Å². The fourth-order valence-electron chi connectivity index (χ4n) is 3.48. The summed E-state index contributed by atoms with van der Waals surface area (Å²) in [7, 11) is 0. The summed E-state index contributed by atoms with van der Waals surface area (Å²) in [4.78, 5) is 25.1. The molecule has 0 spiro atoms. The molecule has 1 atom stereocenters. The van der Waals surface area contributed by atoms with Crippen molar-refractivity contribution in [3.05, 3.63) is 94.0 Å². The maximum atomic E-state index is 12.9. The zero-order chi connectivity index (χ0) is 26.6. The summed E-state index contributed by atoms with van der Waals surface area (Å²) in [6.45, 7) is 4.41.